The lowest BCUT2D eigenvalue weighted by atomic mass is 10.1. The number of amides is 2. The highest BCUT2D eigenvalue weighted by atomic mass is 35.5. The fourth-order valence-corrected chi connectivity index (χ4v) is 2.19. The van der Waals surface area contributed by atoms with Gasteiger partial charge in [-0.15, -0.1) is 0 Å². The molecule has 0 atom stereocenters. The molecule has 0 fully saturated rings. The van der Waals surface area contributed by atoms with Crippen LogP contribution in [-0.4, -0.2) is 11.8 Å². The van der Waals surface area contributed by atoms with Crippen molar-refractivity contribution in [1.82, 2.24) is 5.32 Å². The van der Waals surface area contributed by atoms with E-state index in [1.807, 2.05) is 31.2 Å². The summed E-state index contributed by atoms with van der Waals surface area (Å²) < 4.78 is 0. The Morgan fingerprint density at radius 2 is 1.82 bits per heavy atom. The third-order valence-corrected chi connectivity index (χ3v) is 3.48. The molecule has 0 heterocycles. The van der Waals surface area contributed by atoms with Gasteiger partial charge in [0.2, 0.25) is 0 Å². The Balaban J connectivity index is 1.95. The van der Waals surface area contributed by atoms with E-state index in [-0.39, 0.29) is 6.54 Å². The normalized spacial score (nSPS) is 10.1. The minimum atomic E-state index is -0.795. The number of halogens is 2. The highest BCUT2D eigenvalue weighted by Crippen LogP contribution is 2.25. The second-order valence-corrected chi connectivity index (χ2v) is 5.59. The number of benzene rings is 2. The monoisotopic (exact) mass is 336 g/mol. The summed E-state index contributed by atoms with van der Waals surface area (Å²) in [6, 6.07) is 12.3. The first-order valence-corrected chi connectivity index (χ1v) is 7.31. The molecule has 0 spiro atoms. The van der Waals surface area contributed by atoms with Crippen LogP contribution in [0.2, 0.25) is 10.0 Å². The number of rotatable bonds is 3. The van der Waals surface area contributed by atoms with Crippen molar-refractivity contribution in [3.8, 4) is 0 Å². The van der Waals surface area contributed by atoms with Crippen molar-refractivity contribution in [2.24, 2.45) is 0 Å². The zero-order valence-electron chi connectivity index (χ0n) is 11.8. The SMILES string of the molecule is Cc1cccc(CNC(=O)C(=O)Nc2cc(Cl)ccc2Cl)c1. The van der Waals surface area contributed by atoms with Gasteiger partial charge in [0.05, 0.1) is 10.7 Å². The molecule has 2 aromatic carbocycles. The van der Waals surface area contributed by atoms with Crippen molar-refractivity contribution in [3.05, 3.63) is 63.6 Å². The number of hydrogen-bond donors (Lipinski definition) is 2. The van der Waals surface area contributed by atoms with Gasteiger partial charge >= 0.3 is 11.8 Å². The van der Waals surface area contributed by atoms with Crippen LogP contribution in [0, 0.1) is 6.92 Å². The summed E-state index contributed by atoms with van der Waals surface area (Å²) >= 11 is 11.8. The van der Waals surface area contributed by atoms with Crippen LogP contribution < -0.4 is 10.6 Å². The van der Waals surface area contributed by atoms with Crippen molar-refractivity contribution in [2.45, 2.75) is 13.5 Å². The number of aryl methyl sites for hydroxylation is 1. The van der Waals surface area contributed by atoms with Gasteiger partial charge in [-0.2, -0.15) is 0 Å². The van der Waals surface area contributed by atoms with Crippen LogP contribution in [-0.2, 0) is 16.1 Å². The molecule has 0 saturated heterocycles. The fourth-order valence-electron chi connectivity index (χ4n) is 1.86. The van der Waals surface area contributed by atoms with Crippen LogP contribution in [0.4, 0.5) is 5.69 Å². The smallest absolute Gasteiger partial charge is 0.313 e. The molecular weight excluding hydrogens is 323 g/mol. The maximum absolute atomic E-state index is 11.8. The number of carbonyl (C=O) groups is 2. The maximum Gasteiger partial charge on any atom is 0.313 e. The molecule has 0 aromatic heterocycles. The van der Waals surface area contributed by atoms with E-state index in [1.165, 1.54) is 6.07 Å². The summed E-state index contributed by atoms with van der Waals surface area (Å²) in [5, 5.41) is 5.71. The Morgan fingerprint density at radius 1 is 1.05 bits per heavy atom. The third kappa shape index (κ3) is 4.48. The molecule has 0 aliphatic heterocycles. The van der Waals surface area contributed by atoms with Crippen LogP contribution in [0.25, 0.3) is 0 Å². The first kappa shape index (κ1) is 16.3. The van der Waals surface area contributed by atoms with Gasteiger partial charge in [0, 0.05) is 11.6 Å². The van der Waals surface area contributed by atoms with E-state index in [0.29, 0.717) is 15.7 Å². The molecule has 2 amide bonds. The molecule has 2 aromatic rings. The summed E-state index contributed by atoms with van der Waals surface area (Å²) in [6.07, 6.45) is 0. The Morgan fingerprint density at radius 3 is 2.55 bits per heavy atom. The number of nitrogens with one attached hydrogen (secondary N) is 2. The number of hydrogen-bond acceptors (Lipinski definition) is 2. The Kier molecular flexibility index (Phi) is 5.41. The first-order chi connectivity index (χ1) is 10.5. The molecule has 22 heavy (non-hydrogen) atoms. The first-order valence-electron chi connectivity index (χ1n) is 6.55. The van der Waals surface area contributed by atoms with E-state index in [2.05, 4.69) is 10.6 Å². The fraction of sp³-hybridized carbons (Fsp3) is 0.125. The quantitative estimate of drug-likeness (QED) is 0.842. The average molecular weight is 337 g/mol. The van der Waals surface area contributed by atoms with E-state index >= 15 is 0 Å². The van der Waals surface area contributed by atoms with Crippen LogP contribution in [0.5, 0.6) is 0 Å². The predicted octanol–water partition coefficient (Wildman–Crippen LogP) is 3.56. The van der Waals surface area contributed by atoms with Gasteiger partial charge in [0.25, 0.3) is 0 Å². The largest absolute Gasteiger partial charge is 0.344 e. The van der Waals surface area contributed by atoms with E-state index in [9.17, 15) is 9.59 Å². The minimum absolute atomic E-state index is 0.275. The van der Waals surface area contributed by atoms with Gasteiger partial charge < -0.3 is 10.6 Å². The van der Waals surface area contributed by atoms with Crippen LogP contribution >= 0.6 is 23.2 Å². The van der Waals surface area contributed by atoms with Crippen LogP contribution in [0.3, 0.4) is 0 Å². The topological polar surface area (TPSA) is 58.2 Å². The second-order valence-electron chi connectivity index (χ2n) is 4.75. The van der Waals surface area contributed by atoms with Crippen molar-refractivity contribution >= 4 is 40.7 Å². The summed E-state index contributed by atoms with van der Waals surface area (Å²) in [7, 11) is 0. The standard InChI is InChI=1S/C16H14Cl2N2O2/c1-10-3-2-4-11(7-10)9-19-15(21)16(22)20-14-8-12(17)5-6-13(14)18/h2-8H,9H2,1H3,(H,19,21)(H,20,22). The van der Waals surface area contributed by atoms with Gasteiger partial charge in [0.1, 0.15) is 0 Å². The molecule has 0 aliphatic rings. The van der Waals surface area contributed by atoms with Gasteiger partial charge in [0.15, 0.2) is 0 Å². The molecule has 0 radical (unpaired) electrons. The molecule has 114 valence electrons. The lowest BCUT2D eigenvalue weighted by molar-refractivity contribution is -0.136. The Hall–Kier alpha value is -2.04. The van der Waals surface area contributed by atoms with Crippen molar-refractivity contribution in [3.63, 3.8) is 0 Å². The van der Waals surface area contributed by atoms with Crippen LogP contribution in [0.1, 0.15) is 11.1 Å². The van der Waals surface area contributed by atoms with Gasteiger partial charge in [-0.1, -0.05) is 53.0 Å². The molecule has 0 saturated carbocycles. The molecule has 4 nitrogen and oxygen atoms in total. The lowest BCUT2D eigenvalue weighted by Crippen LogP contribution is -2.35. The number of anilines is 1. The Bertz CT molecular complexity index is 717. The predicted molar refractivity (Wildman–Crippen MR) is 88.1 cm³/mol. The molecular formula is C16H14Cl2N2O2. The summed E-state index contributed by atoms with van der Waals surface area (Å²) in [5.41, 5.74) is 2.30. The van der Waals surface area contributed by atoms with Gasteiger partial charge in [-0.3, -0.25) is 9.59 Å². The molecule has 0 aliphatic carbocycles. The van der Waals surface area contributed by atoms with Crippen molar-refractivity contribution < 1.29 is 9.59 Å². The average Bonchev–Trinajstić information content (AvgIpc) is 2.48. The molecule has 0 bridgehead atoms. The van der Waals surface area contributed by atoms with E-state index in [0.717, 1.165) is 11.1 Å². The summed E-state index contributed by atoms with van der Waals surface area (Å²) in [4.78, 5) is 23.6. The van der Waals surface area contributed by atoms with Crippen molar-refractivity contribution in [1.29, 1.82) is 0 Å². The zero-order chi connectivity index (χ0) is 16.1. The molecule has 6 heteroatoms. The molecule has 2 N–H and O–H groups in total. The van der Waals surface area contributed by atoms with Gasteiger partial charge in [-0.25, -0.2) is 0 Å². The minimum Gasteiger partial charge on any atom is -0.344 e. The highest BCUT2D eigenvalue weighted by Gasteiger charge is 2.15. The highest BCUT2D eigenvalue weighted by molar-refractivity contribution is 6.42. The maximum atomic E-state index is 11.8. The van der Waals surface area contributed by atoms with Gasteiger partial charge in [-0.05, 0) is 30.7 Å². The summed E-state index contributed by atoms with van der Waals surface area (Å²) in [6.45, 7) is 2.23. The van der Waals surface area contributed by atoms with E-state index in [4.69, 9.17) is 23.2 Å². The van der Waals surface area contributed by atoms with E-state index in [1.54, 1.807) is 12.1 Å². The Labute approximate surface area is 138 Å². The second kappa shape index (κ2) is 7.29. The third-order valence-electron chi connectivity index (χ3n) is 2.92. The molecule has 2 rings (SSSR count). The lowest BCUT2D eigenvalue weighted by Gasteiger charge is -2.08. The molecule has 0 unspecified atom stereocenters. The van der Waals surface area contributed by atoms with Crippen LogP contribution in [0.15, 0.2) is 42.5 Å². The van der Waals surface area contributed by atoms with Crippen molar-refractivity contribution in [2.75, 3.05) is 5.32 Å². The summed E-state index contributed by atoms with van der Waals surface area (Å²) in [5.74, 6) is -1.53. The zero-order valence-corrected chi connectivity index (χ0v) is 13.3. The number of carbonyl (C=O) groups excluding carboxylic acids is 2. The van der Waals surface area contributed by atoms with E-state index < -0.39 is 11.8 Å².